The van der Waals surface area contributed by atoms with Crippen LogP contribution in [-0.2, 0) is 11.3 Å². The van der Waals surface area contributed by atoms with Gasteiger partial charge in [0.05, 0.1) is 18.3 Å². The van der Waals surface area contributed by atoms with Gasteiger partial charge in [-0.2, -0.15) is 0 Å². The molecular weight excluding hydrogens is 333 g/mol. The fourth-order valence-corrected chi connectivity index (χ4v) is 3.18. The van der Waals surface area contributed by atoms with E-state index in [4.69, 9.17) is 9.47 Å². The van der Waals surface area contributed by atoms with E-state index in [1.54, 1.807) is 35.2 Å². The van der Waals surface area contributed by atoms with Crippen LogP contribution >= 0.6 is 0 Å². The number of ether oxygens (including phenoxy) is 2. The lowest BCUT2D eigenvalue weighted by molar-refractivity contribution is 0.0502. The van der Waals surface area contributed by atoms with E-state index in [2.05, 4.69) is 0 Å². The molecule has 1 saturated heterocycles. The minimum absolute atomic E-state index is 0.00928. The molecule has 2 aromatic rings. The van der Waals surface area contributed by atoms with Crippen LogP contribution in [-0.4, -0.2) is 36.7 Å². The molecule has 0 radical (unpaired) electrons. The van der Waals surface area contributed by atoms with Gasteiger partial charge in [0.2, 0.25) is 0 Å². The van der Waals surface area contributed by atoms with Crippen molar-refractivity contribution < 1.29 is 18.7 Å². The second-order valence-corrected chi connectivity index (χ2v) is 6.34. The fraction of sp³-hybridized carbons (Fsp3) is 0.381. The zero-order valence-electron chi connectivity index (χ0n) is 15.0. The zero-order valence-corrected chi connectivity index (χ0v) is 15.0. The zero-order chi connectivity index (χ0) is 18.4. The first-order valence-electron chi connectivity index (χ1n) is 9.05. The van der Waals surface area contributed by atoms with Crippen molar-refractivity contribution in [3.63, 3.8) is 0 Å². The third-order valence-electron chi connectivity index (χ3n) is 4.47. The summed E-state index contributed by atoms with van der Waals surface area (Å²) in [6.45, 7) is 3.70. The SMILES string of the molecule is CCOc1ccccc1C(=O)N(Cc1ccccc1F)CC1CCCO1. The number of benzene rings is 2. The predicted molar refractivity (Wildman–Crippen MR) is 97.7 cm³/mol. The van der Waals surface area contributed by atoms with E-state index in [1.165, 1.54) is 6.07 Å². The van der Waals surface area contributed by atoms with E-state index >= 15 is 0 Å². The van der Waals surface area contributed by atoms with Gasteiger partial charge in [-0.15, -0.1) is 0 Å². The van der Waals surface area contributed by atoms with Gasteiger partial charge in [-0.1, -0.05) is 30.3 Å². The highest BCUT2D eigenvalue weighted by Crippen LogP contribution is 2.23. The summed E-state index contributed by atoms with van der Waals surface area (Å²) in [5.41, 5.74) is 0.983. The molecule has 5 heteroatoms. The standard InChI is InChI=1S/C21H24FNO3/c1-2-25-20-12-6-4-10-18(20)21(24)23(15-17-9-7-13-26-17)14-16-8-3-5-11-19(16)22/h3-6,8,10-12,17H,2,7,9,13-15H2,1H3. The number of amides is 1. The fourth-order valence-electron chi connectivity index (χ4n) is 3.18. The van der Waals surface area contributed by atoms with Gasteiger partial charge >= 0.3 is 0 Å². The Morgan fingerprint density at radius 1 is 1.23 bits per heavy atom. The molecule has 138 valence electrons. The Hall–Kier alpha value is -2.40. The second kappa shape index (κ2) is 8.81. The first-order valence-corrected chi connectivity index (χ1v) is 9.05. The molecule has 1 atom stereocenters. The van der Waals surface area contributed by atoms with E-state index in [9.17, 15) is 9.18 Å². The van der Waals surface area contributed by atoms with Crippen molar-refractivity contribution >= 4 is 5.91 Å². The van der Waals surface area contributed by atoms with Gasteiger partial charge in [0.15, 0.2) is 0 Å². The third-order valence-corrected chi connectivity index (χ3v) is 4.47. The smallest absolute Gasteiger partial charge is 0.258 e. The summed E-state index contributed by atoms with van der Waals surface area (Å²) in [6.07, 6.45) is 1.89. The molecule has 3 rings (SSSR count). The van der Waals surface area contributed by atoms with Crippen molar-refractivity contribution in [2.45, 2.75) is 32.4 Å². The molecule has 26 heavy (non-hydrogen) atoms. The van der Waals surface area contributed by atoms with Gasteiger partial charge in [0.25, 0.3) is 5.91 Å². The highest BCUT2D eigenvalue weighted by Gasteiger charge is 2.26. The lowest BCUT2D eigenvalue weighted by Gasteiger charge is -2.26. The summed E-state index contributed by atoms with van der Waals surface area (Å²) in [5, 5.41) is 0. The van der Waals surface area contributed by atoms with Gasteiger partial charge in [0, 0.05) is 25.3 Å². The average molecular weight is 357 g/mol. The Morgan fingerprint density at radius 3 is 2.73 bits per heavy atom. The van der Waals surface area contributed by atoms with Crippen LogP contribution in [0.25, 0.3) is 0 Å². The van der Waals surface area contributed by atoms with Crippen LogP contribution in [0.5, 0.6) is 5.75 Å². The molecule has 0 spiro atoms. The van der Waals surface area contributed by atoms with Crippen LogP contribution in [0.3, 0.4) is 0 Å². The summed E-state index contributed by atoms with van der Waals surface area (Å²) in [5.74, 6) is 0.0643. The van der Waals surface area contributed by atoms with Gasteiger partial charge < -0.3 is 14.4 Å². The van der Waals surface area contributed by atoms with Crippen LogP contribution in [0.4, 0.5) is 4.39 Å². The molecule has 1 heterocycles. The quantitative estimate of drug-likeness (QED) is 0.750. The number of hydrogen-bond donors (Lipinski definition) is 0. The van der Waals surface area contributed by atoms with Crippen LogP contribution in [0.2, 0.25) is 0 Å². The van der Waals surface area contributed by atoms with Crippen molar-refractivity contribution in [1.82, 2.24) is 4.90 Å². The van der Waals surface area contributed by atoms with E-state index in [1.807, 2.05) is 19.1 Å². The van der Waals surface area contributed by atoms with Crippen molar-refractivity contribution in [3.05, 3.63) is 65.5 Å². The van der Waals surface area contributed by atoms with Gasteiger partial charge in [-0.25, -0.2) is 4.39 Å². The summed E-state index contributed by atoms with van der Waals surface area (Å²) < 4.78 is 25.4. The molecule has 0 bridgehead atoms. The molecule has 4 nitrogen and oxygen atoms in total. The molecular formula is C21H24FNO3. The van der Waals surface area contributed by atoms with E-state index in [0.29, 0.717) is 36.6 Å². The highest BCUT2D eigenvalue weighted by atomic mass is 19.1. The number of nitrogens with zero attached hydrogens (tertiary/aromatic N) is 1. The first kappa shape index (κ1) is 18.4. The highest BCUT2D eigenvalue weighted by molar-refractivity contribution is 5.97. The maximum absolute atomic E-state index is 14.1. The average Bonchev–Trinajstić information content (AvgIpc) is 3.16. The summed E-state index contributed by atoms with van der Waals surface area (Å²) in [7, 11) is 0. The Kier molecular flexibility index (Phi) is 6.23. The molecule has 0 aliphatic carbocycles. The van der Waals surface area contributed by atoms with Crippen molar-refractivity contribution in [1.29, 1.82) is 0 Å². The summed E-state index contributed by atoms with van der Waals surface area (Å²) in [6, 6.07) is 13.7. The molecule has 0 N–H and O–H groups in total. The molecule has 1 unspecified atom stereocenters. The van der Waals surface area contributed by atoms with Crippen molar-refractivity contribution in [3.8, 4) is 5.75 Å². The second-order valence-electron chi connectivity index (χ2n) is 6.34. The largest absolute Gasteiger partial charge is 0.493 e. The monoisotopic (exact) mass is 357 g/mol. The number of rotatable bonds is 7. The lowest BCUT2D eigenvalue weighted by atomic mass is 10.1. The predicted octanol–water partition coefficient (Wildman–Crippen LogP) is 4.05. The third kappa shape index (κ3) is 4.41. The number of para-hydroxylation sites is 1. The van der Waals surface area contributed by atoms with Gasteiger partial charge in [-0.3, -0.25) is 4.79 Å². The summed E-state index contributed by atoms with van der Waals surface area (Å²) >= 11 is 0. The van der Waals surface area contributed by atoms with Crippen LogP contribution in [0.15, 0.2) is 48.5 Å². The normalized spacial score (nSPS) is 16.5. The topological polar surface area (TPSA) is 38.8 Å². The molecule has 1 aliphatic rings. The number of carbonyl (C=O) groups is 1. The van der Waals surface area contributed by atoms with Gasteiger partial charge in [-0.05, 0) is 38.0 Å². The number of carbonyl (C=O) groups excluding carboxylic acids is 1. The number of hydrogen-bond acceptors (Lipinski definition) is 3. The van der Waals surface area contributed by atoms with Crippen molar-refractivity contribution in [2.24, 2.45) is 0 Å². The minimum atomic E-state index is -0.310. The van der Waals surface area contributed by atoms with Crippen LogP contribution in [0, 0.1) is 5.82 Å². The Balaban J connectivity index is 1.86. The Morgan fingerprint density at radius 2 is 2.00 bits per heavy atom. The van der Waals surface area contributed by atoms with E-state index in [-0.39, 0.29) is 24.4 Å². The molecule has 0 saturated carbocycles. The summed E-state index contributed by atoms with van der Waals surface area (Å²) in [4.78, 5) is 14.9. The molecule has 1 amide bonds. The van der Waals surface area contributed by atoms with Crippen LogP contribution < -0.4 is 4.74 Å². The Bertz CT molecular complexity index is 744. The van der Waals surface area contributed by atoms with Crippen molar-refractivity contribution in [2.75, 3.05) is 19.8 Å². The molecule has 0 aromatic heterocycles. The minimum Gasteiger partial charge on any atom is -0.493 e. The molecule has 2 aromatic carbocycles. The molecule has 1 fully saturated rings. The van der Waals surface area contributed by atoms with E-state index in [0.717, 1.165) is 12.8 Å². The van der Waals surface area contributed by atoms with E-state index < -0.39 is 0 Å². The maximum Gasteiger partial charge on any atom is 0.258 e. The van der Waals surface area contributed by atoms with Crippen LogP contribution in [0.1, 0.15) is 35.7 Å². The molecule has 1 aliphatic heterocycles. The Labute approximate surface area is 153 Å². The lowest BCUT2D eigenvalue weighted by Crippen LogP contribution is -2.37. The first-order chi connectivity index (χ1) is 12.7. The van der Waals surface area contributed by atoms with Gasteiger partial charge in [0.1, 0.15) is 11.6 Å². The maximum atomic E-state index is 14.1. The number of halogens is 1.